The predicted molar refractivity (Wildman–Crippen MR) is 65.5 cm³/mol. The topological polar surface area (TPSA) is 109 Å². The summed E-state index contributed by atoms with van der Waals surface area (Å²) in [6, 6.07) is -1.69. The van der Waals surface area contributed by atoms with Gasteiger partial charge in [-0.25, -0.2) is 4.79 Å². The van der Waals surface area contributed by atoms with Crippen LogP contribution in [0.4, 0.5) is 0 Å². The summed E-state index contributed by atoms with van der Waals surface area (Å²) in [4.78, 5) is 33.1. The molecule has 0 heterocycles. The minimum Gasteiger partial charge on any atom is -0.480 e. The number of amides is 1. The molecule has 0 aliphatic rings. The fraction of sp³-hybridized carbons (Fsp3) is 0.700. The lowest BCUT2D eigenvalue weighted by Crippen LogP contribution is -2.42. The van der Waals surface area contributed by atoms with E-state index in [9.17, 15) is 14.4 Å². The summed E-state index contributed by atoms with van der Waals surface area (Å²) in [5.41, 5.74) is 5.62. The Hall–Kier alpha value is -1.08. The van der Waals surface area contributed by atoms with E-state index in [0.717, 1.165) is 11.8 Å². The van der Waals surface area contributed by atoms with Gasteiger partial charge in [-0.1, -0.05) is 25.6 Å². The third-order valence-electron chi connectivity index (χ3n) is 2.06. The molecule has 0 bridgehead atoms. The van der Waals surface area contributed by atoms with E-state index in [2.05, 4.69) is 5.32 Å². The van der Waals surface area contributed by atoms with Crippen molar-refractivity contribution in [2.24, 2.45) is 11.7 Å². The quantitative estimate of drug-likeness (QED) is 0.612. The zero-order valence-corrected chi connectivity index (χ0v) is 10.9. The number of nitrogens with one attached hydrogen (secondary N) is 1. The van der Waals surface area contributed by atoms with E-state index >= 15 is 0 Å². The molecule has 6 nitrogen and oxygen atoms in total. The molecular formula is C10H18N2O4S. The van der Waals surface area contributed by atoms with Crippen molar-refractivity contribution >= 4 is 28.8 Å². The van der Waals surface area contributed by atoms with Crippen LogP contribution < -0.4 is 11.1 Å². The van der Waals surface area contributed by atoms with Gasteiger partial charge < -0.3 is 16.2 Å². The minimum absolute atomic E-state index is 0.000885. The van der Waals surface area contributed by atoms with Crippen molar-refractivity contribution in [3.8, 4) is 0 Å². The Morgan fingerprint density at radius 1 is 1.35 bits per heavy atom. The van der Waals surface area contributed by atoms with Gasteiger partial charge in [-0.2, -0.15) is 0 Å². The van der Waals surface area contributed by atoms with Crippen LogP contribution >= 0.6 is 11.8 Å². The lowest BCUT2D eigenvalue weighted by Gasteiger charge is -2.16. The summed E-state index contributed by atoms with van der Waals surface area (Å²) < 4.78 is 0. The highest BCUT2D eigenvalue weighted by Gasteiger charge is 2.23. The number of aliphatic carboxylic acids is 1. The molecule has 0 aliphatic carbocycles. The van der Waals surface area contributed by atoms with Gasteiger partial charge in [-0.15, -0.1) is 0 Å². The van der Waals surface area contributed by atoms with Gasteiger partial charge in [-0.3, -0.25) is 9.59 Å². The number of carboxylic acid groups (broad SMARTS) is 1. The smallest absolute Gasteiger partial charge is 0.327 e. The molecule has 98 valence electrons. The number of nitrogens with two attached hydrogens (primary N) is 1. The Balaban J connectivity index is 4.26. The second-order valence-corrected chi connectivity index (χ2v) is 5.02. The normalized spacial score (nSPS) is 14.2. The highest BCUT2D eigenvalue weighted by Crippen LogP contribution is 2.12. The maximum Gasteiger partial charge on any atom is 0.327 e. The number of thioether (sulfide) groups is 1. The molecule has 1 amide bonds. The van der Waals surface area contributed by atoms with E-state index in [1.165, 1.54) is 6.92 Å². The SMILES string of the molecule is CC(=O)N[C@@H](CSC(=O)[C@@H](N)C(C)C)C(=O)O. The van der Waals surface area contributed by atoms with E-state index in [1.54, 1.807) is 0 Å². The van der Waals surface area contributed by atoms with Crippen LogP contribution in [0.3, 0.4) is 0 Å². The monoisotopic (exact) mass is 262 g/mol. The molecule has 0 radical (unpaired) electrons. The van der Waals surface area contributed by atoms with Gasteiger partial charge >= 0.3 is 5.97 Å². The third kappa shape index (κ3) is 6.28. The second kappa shape index (κ2) is 7.29. The lowest BCUT2D eigenvalue weighted by molar-refractivity contribution is -0.140. The molecule has 0 rings (SSSR count). The average molecular weight is 262 g/mol. The first kappa shape index (κ1) is 15.9. The fourth-order valence-corrected chi connectivity index (χ4v) is 1.98. The molecular weight excluding hydrogens is 244 g/mol. The molecule has 17 heavy (non-hydrogen) atoms. The van der Waals surface area contributed by atoms with Gasteiger partial charge in [0.05, 0.1) is 6.04 Å². The number of hydrogen-bond donors (Lipinski definition) is 3. The van der Waals surface area contributed by atoms with Crippen LogP contribution in [0.15, 0.2) is 0 Å². The number of hydrogen-bond acceptors (Lipinski definition) is 5. The van der Waals surface area contributed by atoms with Gasteiger partial charge in [0.25, 0.3) is 0 Å². The van der Waals surface area contributed by atoms with Crippen LogP contribution in [0.2, 0.25) is 0 Å². The van der Waals surface area contributed by atoms with Crippen molar-refractivity contribution < 1.29 is 19.5 Å². The lowest BCUT2D eigenvalue weighted by atomic mass is 10.1. The number of rotatable bonds is 6. The zero-order valence-electron chi connectivity index (χ0n) is 10.1. The predicted octanol–water partition coefficient (Wildman–Crippen LogP) is -0.181. The van der Waals surface area contributed by atoms with Gasteiger partial charge in [-0.05, 0) is 5.92 Å². The van der Waals surface area contributed by atoms with Crippen LogP contribution in [-0.4, -0.2) is 39.9 Å². The average Bonchev–Trinajstić information content (AvgIpc) is 2.21. The van der Waals surface area contributed by atoms with Crippen LogP contribution in [0.5, 0.6) is 0 Å². The second-order valence-electron chi connectivity index (χ2n) is 3.99. The van der Waals surface area contributed by atoms with Gasteiger partial charge in [0.2, 0.25) is 11.0 Å². The molecule has 2 atom stereocenters. The molecule has 0 aliphatic heterocycles. The zero-order chi connectivity index (χ0) is 13.6. The molecule has 0 spiro atoms. The standard InChI is InChI=1S/C10H18N2O4S/c1-5(2)8(11)10(16)17-4-7(9(14)15)12-6(3)13/h5,7-8H,4,11H2,1-3H3,(H,12,13)(H,14,15)/t7-,8-/m0/s1. The Morgan fingerprint density at radius 3 is 2.24 bits per heavy atom. The van der Waals surface area contributed by atoms with Crippen LogP contribution in [-0.2, 0) is 14.4 Å². The van der Waals surface area contributed by atoms with E-state index < -0.39 is 24.0 Å². The first-order chi connectivity index (χ1) is 7.75. The van der Waals surface area contributed by atoms with Crippen molar-refractivity contribution in [2.45, 2.75) is 32.9 Å². The highest BCUT2D eigenvalue weighted by molar-refractivity contribution is 8.13. The van der Waals surface area contributed by atoms with E-state index in [-0.39, 0.29) is 16.8 Å². The minimum atomic E-state index is -1.17. The van der Waals surface area contributed by atoms with Gasteiger partial charge in [0, 0.05) is 12.7 Å². The fourth-order valence-electron chi connectivity index (χ4n) is 0.954. The van der Waals surface area contributed by atoms with Crippen molar-refractivity contribution in [2.75, 3.05) is 5.75 Å². The van der Waals surface area contributed by atoms with Gasteiger partial charge in [0.15, 0.2) is 0 Å². The van der Waals surface area contributed by atoms with Crippen molar-refractivity contribution in [3.05, 3.63) is 0 Å². The summed E-state index contributed by atoms with van der Waals surface area (Å²) >= 11 is 0.832. The van der Waals surface area contributed by atoms with E-state index in [1.807, 2.05) is 13.8 Å². The Morgan fingerprint density at radius 2 is 1.88 bits per heavy atom. The van der Waals surface area contributed by atoms with E-state index in [0.29, 0.717) is 0 Å². The van der Waals surface area contributed by atoms with Gasteiger partial charge in [0.1, 0.15) is 6.04 Å². The van der Waals surface area contributed by atoms with Crippen molar-refractivity contribution in [1.82, 2.24) is 5.32 Å². The molecule has 0 saturated heterocycles. The Bertz CT molecular complexity index is 307. The Labute approximate surface area is 104 Å². The molecule has 0 aromatic heterocycles. The molecule has 7 heteroatoms. The molecule has 0 unspecified atom stereocenters. The summed E-state index contributed by atoms with van der Waals surface area (Å²) in [5, 5.41) is 10.8. The summed E-state index contributed by atoms with van der Waals surface area (Å²) in [5.74, 6) is -1.63. The van der Waals surface area contributed by atoms with Crippen molar-refractivity contribution in [3.63, 3.8) is 0 Å². The molecule has 0 aromatic rings. The number of carbonyl (C=O) groups is 3. The van der Waals surface area contributed by atoms with E-state index in [4.69, 9.17) is 10.8 Å². The first-order valence-corrected chi connectivity index (χ1v) is 6.16. The largest absolute Gasteiger partial charge is 0.480 e. The third-order valence-corrected chi connectivity index (χ3v) is 3.11. The molecule has 4 N–H and O–H groups in total. The van der Waals surface area contributed by atoms with Crippen LogP contribution in [0.25, 0.3) is 0 Å². The Kier molecular flexibility index (Phi) is 6.82. The van der Waals surface area contributed by atoms with Crippen LogP contribution in [0, 0.1) is 5.92 Å². The summed E-state index contributed by atoms with van der Waals surface area (Å²) in [6.45, 7) is 4.85. The highest BCUT2D eigenvalue weighted by atomic mass is 32.2. The number of carbonyl (C=O) groups excluding carboxylic acids is 2. The summed E-state index contributed by atoms with van der Waals surface area (Å²) in [6.07, 6.45) is 0. The van der Waals surface area contributed by atoms with Crippen molar-refractivity contribution in [1.29, 1.82) is 0 Å². The first-order valence-electron chi connectivity index (χ1n) is 5.17. The molecule has 0 saturated carbocycles. The maximum atomic E-state index is 11.5. The molecule has 0 fully saturated rings. The van der Waals surface area contributed by atoms with Crippen LogP contribution in [0.1, 0.15) is 20.8 Å². The molecule has 0 aromatic carbocycles. The maximum absolute atomic E-state index is 11.5. The number of carboxylic acids is 1. The summed E-state index contributed by atoms with van der Waals surface area (Å²) in [7, 11) is 0.